The average molecular weight is 178 g/mol. The second kappa shape index (κ2) is 2.73. The van der Waals surface area contributed by atoms with E-state index in [1.807, 2.05) is 0 Å². The standard InChI is InChI=1S/C6H14N2O2S/c1-4(2)11(9,10)8-6-3-5(6)7/h4-6,8H,3,7H2,1-2H3. The summed E-state index contributed by atoms with van der Waals surface area (Å²) >= 11 is 0. The maximum absolute atomic E-state index is 11.2. The van der Waals surface area contributed by atoms with Crippen molar-refractivity contribution in [3.05, 3.63) is 0 Å². The third-order valence-electron chi connectivity index (χ3n) is 1.78. The topological polar surface area (TPSA) is 72.2 Å². The van der Waals surface area contributed by atoms with Crippen molar-refractivity contribution in [1.29, 1.82) is 0 Å². The lowest BCUT2D eigenvalue weighted by Crippen LogP contribution is -2.34. The fourth-order valence-corrected chi connectivity index (χ4v) is 1.66. The molecule has 0 amide bonds. The minimum atomic E-state index is -3.10. The van der Waals surface area contributed by atoms with Gasteiger partial charge in [0.05, 0.1) is 5.25 Å². The second-order valence-corrected chi connectivity index (χ2v) is 5.49. The zero-order chi connectivity index (χ0) is 8.65. The van der Waals surface area contributed by atoms with Gasteiger partial charge in [-0.05, 0) is 20.3 Å². The first-order valence-electron chi connectivity index (χ1n) is 3.70. The van der Waals surface area contributed by atoms with Gasteiger partial charge in [-0.25, -0.2) is 13.1 Å². The van der Waals surface area contributed by atoms with Gasteiger partial charge in [-0.2, -0.15) is 0 Å². The van der Waals surface area contributed by atoms with Crippen LogP contribution in [0.3, 0.4) is 0 Å². The van der Waals surface area contributed by atoms with Crippen LogP contribution in [0.25, 0.3) is 0 Å². The smallest absolute Gasteiger partial charge is 0.214 e. The normalized spacial score (nSPS) is 30.9. The van der Waals surface area contributed by atoms with Gasteiger partial charge in [0.1, 0.15) is 0 Å². The van der Waals surface area contributed by atoms with E-state index in [2.05, 4.69) is 4.72 Å². The van der Waals surface area contributed by atoms with E-state index in [0.717, 1.165) is 6.42 Å². The Hall–Kier alpha value is -0.130. The molecular formula is C6H14N2O2S. The van der Waals surface area contributed by atoms with Gasteiger partial charge in [-0.15, -0.1) is 0 Å². The number of rotatable bonds is 3. The zero-order valence-corrected chi connectivity index (χ0v) is 7.56. The summed E-state index contributed by atoms with van der Waals surface area (Å²) in [6, 6.07) is 0.0194. The zero-order valence-electron chi connectivity index (χ0n) is 6.74. The molecule has 11 heavy (non-hydrogen) atoms. The third-order valence-corrected chi connectivity index (χ3v) is 3.65. The van der Waals surface area contributed by atoms with E-state index in [9.17, 15) is 8.42 Å². The van der Waals surface area contributed by atoms with Crippen LogP contribution in [0.15, 0.2) is 0 Å². The molecule has 0 aromatic heterocycles. The Bertz CT molecular complexity index is 235. The van der Waals surface area contributed by atoms with E-state index >= 15 is 0 Å². The Morgan fingerprint density at radius 3 is 2.27 bits per heavy atom. The Kier molecular flexibility index (Phi) is 2.22. The summed E-state index contributed by atoms with van der Waals surface area (Å²) < 4.78 is 24.8. The molecule has 3 N–H and O–H groups in total. The molecule has 1 aliphatic rings. The van der Waals surface area contributed by atoms with Crippen LogP contribution >= 0.6 is 0 Å². The van der Waals surface area contributed by atoms with Gasteiger partial charge in [0, 0.05) is 12.1 Å². The molecule has 2 atom stereocenters. The SMILES string of the molecule is CC(C)S(=O)(=O)NC1CC1N. The molecule has 0 aliphatic heterocycles. The van der Waals surface area contributed by atoms with Crippen LogP contribution in [0.5, 0.6) is 0 Å². The van der Waals surface area contributed by atoms with Gasteiger partial charge in [-0.1, -0.05) is 0 Å². The molecule has 0 aromatic carbocycles. The van der Waals surface area contributed by atoms with Crippen molar-refractivity contribution in [2.24, 2.45) is 5.73 Å². The van der Waals surface area contributed by atoms with Gasteiger partial charge in [0.2, 0.25) is 10.0 Å². The lowest BCUT2D eigenvalue weighted by atomic mass is 10.6. The molecule has 4 nitrogen and oxygen atoms in total. The van der Waals surface area contributed by atoms with Gasteiger partial charge in [0.25, 0.3) is 0 Å². The first-order valence-corrected chi connectivity index (χ1v) is 5.25. The van der Waals surface area contributed by atoms with Crippen molar-refractivity contribution >= 4 is 10.0 Å². The molecule has 0 radical (unpaired) electrons. The second-order valence-electron chi connectivity index (χ2n) is 3.22. The van der Waals surface area contributed by atoms with Gasteiger partial charge < -0.3 is 5.73 Å². The molecule has 2 unspecified atom stereocenters. The summed E-state index contributed by atoms with van der Waals surface area (Å²) in [5, 5.41) is -0.365. The summed E-state index contributed by atoms with van der Waals surface area (Å²) in [5.74, 6) is 0. The molecule has 5 heteroatoms. The van der Waals surface area contributed by atoms with Gasteiger partial charge in [-0.3, -0.25) is 0 Å². The fraction of sp³-hybridized carbons (Fsp3) is 1.00. The van der Waals surface area contributed by atoms with Crippen molar-refractivity contribution in [1.82, 2.24) is 4.72 Å². The van der Waals surface area contributed by atoms with Gasteiger partial charge >= 0.3 is 0 Å². The highest BCUT2D eigenvalue weighted by Gasteiger charge is 2.37. The molecular weight excluding hydrogens is 164 g/mol. The van der Waals surface area contributed by atoms with E-state index in [1.54, 1.807) is 13.8 Å². The lowest BCUT2D eigenvalue weighted by Gasteiger charge is -2.07. The first kappa shape index (κ1) is 8.96. The van der Waals surface area contributed by atoms with Crippen LogP contribution in [0.4, 0.5) is 0 Å². The first-order chi connectivity index (χ1) is 4.93. The quantitative estimate of drug-likeness (QED) is 0.607. The third kappa shape index (κ3) is 2.15. The van der Waals surface area contributed by atoms with E-state index in [-0.39, 0.29) is 17.3 Å². The number of hydrogen-bond donors (Lipinski definition) is 2. The molecule has 1 fully saturated rings. The molecule has 0 heterocycles. The Morgan fingerprint density at radius 2 is 2.00 bits per heavy atom. The fourth-order valence-electron chi connectivity index (χ4n) is 0.697. The van der Waals surface area contributed by atoms with Crippen LogP contribution < -0.4 is 10.5 Å². The molecule has 1 aliphatic carbocycles. The maximum Gasteiger partial charge on any atom is 0.214 e. The Balaban J connectivity index is 2.48. The number of nitrogens with one attached hydrogen (secondary N) is 1. The van der Waals surface area contributed by atoms with Crippen molar-refractivity contribution in [2.75, 3.05) is 0 Å². The molecule has 66 valence electrons. The highest BCUT2D eigenvalue weighted by molar-refractivity contribution is 7.90. The largest absolute Gasteiger partial charge is 0.326 e. The predicted molar refractivity (Wildman–Crippen MR) is 43.6 cm³/mol. The number of hydrogen-bond acceptors (Lipinski definition) is 3. The van der Waals surface area contributed by atoms with Crippen LogP contribution in [0.2, 0.25) is 0 Å². The highest BCUT2D eigenvalue weighted by Crippen LogP contribution is 2.19. The number of nitrogens with two attached hydrogens (primary N) is 1. The Morgan fingerprint density at radius 1 is 1.55 bits per heavy atom. The molecule has 0 spiro atoms. The van der Waals surface area contributed by atoms with E-state index in [1.165, 1.54) is 0 Å². The van der Waals surface area contributed by atoms with Crippen LogP contribution in [0, 0.1) is 0 Å². The highest BCUT2D eigenvalue weighted by atomic mass is 32.2. The minimum absolute atomic E-state index is 0.0117. The minimum Gasteiger partial charge on any atom is -0.326 e. The number of sulfonamides is 1. The van der Waals surface area contributed by atoms with E-state index < -0.39 is 10.0 Å². The van der Waals surface area contributed by atoms with Crippen molar-refractivity contribution in [3.8, 4) is 0 Å². The monoisotopic (exact) mass is 178 g/mol. The molecule has 1 saturated carbocycles. The van der Waals surface area contributed by atoms with Crippen LogP contribution in [-0.2, 0) is 10.0 Å². The maximum atomic E-state index is 11.2. The summed E-state index contributed by atoms with van der Waals surface area (Å²) in [7, 11) is -3.10. The van der Waals surface area contributed by atoms with E-state index in [4.69, 9.17) is 5.73 Å². The lowest BCUT2D eigenvalue weighted by molar-refractivity contribution is 0.570. The summed E-state index contributed by atoms with van der Waals surface area (Å²) in [6.07, 6.45) is 0.770. The average Bonchev–Trinajstić information content (AvgIpc) is 2.45. The summed E-state index contributed by atoms with van der Waals surface area (Å²) in [5.41, 5.74) is 5.45. The van der Waals surface area contributed by atoms with E-state index in [0.29, 0.717) is 0 Å². The van der Waals surface area contributed by atoms with Crippen molar-refractivity contribution < 1.29 is 8.42 Å². The Labute approximate surface area is 67.2 Å². The molecule has 0 bridgehead atoms. The van der Waals surface area contributed by atoms with Crippen LogP contribution in [-0.4, -0.2) is 25.8 Å². The molecule has 0 aromatic rings. The van der Waals surface area contributed by atoms with Crippen molar-refractivity contribution in [2.45, 2.75) is 37.6 Å². The summed E-state index contributed by atoms with van der Waals surface area (Å²) in [6.45, 7) is 3.30. The van der Waals surface area contributed by atoms with Crippen LogP contribution in [0.1, 0.15) is 20.3 Å². The van der Waals surface area contributed by atoms with Crippen molar-refractivity contribution in [3.63, 3.8) is 0 Å². The predicted octanol–water partition coefficient (Wildman–Crippen LogP) is -0.586. The van der Waals surface area contributed by atoms with Gasteiger partial charge in [0.15, 0.2) is 0 Å². The molecule has 0 saturated heterocycles. The molecule has 1 rings (SSSR count). The summed E-state index contributed by atoms with van der Waals surface area (Å²) in [4.78, 5) is 0.